The van der Waals surface area contributed by atoms with Crippen LogP contribution in [0.25, 0.3) is 0 Å². The fourth-order valence-electron chi connectivity index (χ4n) is 1.51. The van der Waals surface area contributed by atoms with Gasteiger partial charge in [0.2, 0.25) is 0 Å². The molecule has 0 unspecified atom stereocenters. The molecule has 0 saturated carbocycles. The lowest BCUT2D eigenvalue weighted by molar-refractivity contribution is 0.320. The van der Waals surface area contributed by atoms with Crippen LogP contribution in [0.4, 0.5) is 4.39 Å². The molecule has 0 aliphatic heterocycles. The van der Waals surface area contributed by atoms with Crippen molar-refractivity contribution in [2.45, 2.75) is 6.42 Å². The van der Waals surface area contributed by atoms with Crippen molar-refractivity contribution in [1.82, 2.24) is 0 Å². The van der Waals surface area contributed by atoms with E-state index in [1.54, 1.807) is 12.1 Å². The Hall–Kier alpha value is -1.35. The van der Waals surface area contributed by atoms with Gasteiger partial charge >= 0.3 is 0 Å². The third-order valence-corrected chi connectivity index (χ3v) is 2.94. The predicted molar refractivity (Wildman–Crippen MR) is 69.7 cm³/mol. The van der Waals surface area contributed by atoms with E-state index in [-0.39, 0.29) is 5.82 Å². The Bertz CT molecular complexity index is 482. The van der Waals surface area contributed by atoms with Crippen LogP contribution in [-0.4, -0.2) is 6.61 Å². The molecule has 0 radical (unpaired) electrons. The molecule has 2 aromatic carbocycles. The Morgan fingerprint density at radius 1 is 1.00 bits per heavy atom. The maximum atomic E-state index is 13.3. The number of rotatable bonds is 4. The Morgan fingerprint density at radius 3 is 2.41 bits per heavy atom. The Morgan fingerprint density at radius 2 is 1.71 bits per heavy atom. The molecule has 17 heavy (non-hydrogen) atoms. The monoisotopic (exact) mass is 294 g/mol. The molecule has 3 heteroatoms. The van der Waals surface area contributed by atoms with Crippen molar-refractivity contribution in [3.63, 3.8) is 0 Å². The first kappa shape index (κ1) is 12.1. The zero-order valence-electron chi connectivity index (χ0n) is 9.20. The average molecular weight is 295 g/mol. The highest BCUT2D eigenvalue weighted by Gasteiger charge is 2.00. The number of hydrogen-bond donors (Lipinski definition) is 0. The third kappa shape index (κ3) is 3.56. The van der Waals surface area contributed by atoms with Crippen LogP contribution in [-0.2, 0) is 6.42 Å². The van der Waals surface area contributed by atoms with Crippen molar-refractivity contribution in [2.24, 2.45) is 0 Å². The highest BCUT2D eigenvalue weighted by Crippen LogP contribution is 2.16. The molecular weight excluding hydrogens is 283 g/mol. The summed E-state index contributed by atoms with van der Waals surface area (Å²) in [6.45, 7) is 0.475. The minimum absolute atomic E-state index is 0.174. The van der Waals surface area contributed by atoms with E-state index in [2.05, 4.69) is 15.9 Å². The number of halogens is 2. The van der Waals surface area contributed by atoms with Crippen LogP contribution >= 0.6 is 15.9 Å². The highest BCUT2D eigenvalue weighted by molar-refractivity contribution is 9.10. The van der Waals surface area contributed by atoms with Gasteiger partial charge in [-0.3, -0.25) is 0 Å². The zero-order chi connectivity index (χ0) is 12.1. The van der Waals surface area contributed by atoms with Crippen molar-refractivity contribution in [1.29, 1.82) is 0 Å². The summed E-state index contributed by atoms with van der Waals surface area (Å²) in [5.41, 5.74) is 0.685. The van der Waals surface area contributed by atoms with Gasteiger partial charge in [0, 0.05) is 10.9 Å². The molecule has 0 N–H and O–H groups in total. The largest absolute Gasteiger partial charge is 0.493 e. The highest BCUT2D eigenvalue weighted by atomic mass is 79.9. The molecule has 2 aromatic rings. The molecule has 0 atom stereocenters. The molecule has 0 heterocycles. The second-order valence-electron chi connectivity index (χ2n) is 3.64. The van der Waals surface area contributed by atoms with E-state index in [1.807, 2.05) is 30.3 Å². The Labute approximate surface area is 108 Å². The van der Waals surface area contributed by atoms with Crippen LogP contribution in [0.5, 0.6) is 5.75 Å². The molecule has 0 spiro atoms. The smallest absolute Gasteiger partial charge is 0.126 e. The Kier molecular flexibility index (Phi) is 4.15. The number of benzene rings is 2. The van der Waals surface area contributed by atoms with Crippen LogP contribution in [0.3, 0.4) is 0 Å². The van der Waals surface area contributed by atoms with Crippen LogP contribution in [0.1, 0.15) is 5.56 Å². The summed E-state index contributed by atoms with van der Waals surface area (Å²) in [4.78, 5) is 0. The van der Waals surface area contributed by atoms with E-state index < -0.39 is 0 Å². The van der Waals surface area contributed by atoms with Gasteiger partial charge in [-0.15, -0.1) is 0 Å². The summed E-state index contributed by atoms with van der Waals surface area (Å²) in [6.07, 6.45) is 0.572. The van der Waals surface area contributed by atoms with Gasteiger partial charge in [0.25, 0.3) is 0 Å². The van der Waals surface area contributed by atoms with Crippen molar-refractivity contribution in [2.75, 3.05) is 6.61 Å². The quantitative estimate of drug-likeness (QED) is 0.821. The molecule has 0 amide bonds. The fraction of sp³-hybridized carbons (Fsp3) is 0.143. The number of hydrogen-bond acceptors (Lipinski definition) is 1. The van der Waals surface area contributed by atoms with Gasteiger partial charge in [-0.25, -0.2) is 4.39 Å². The van der Waals surface area contributed by atoms with Gasteiger partial charge < -0.3 is 4.74 Å². The van der Waals surface area contributed by atoms with Gasteiger partial charge in [-0.05, 0) is 35.9 Å². The van der Waals surface area contributed by atoms with Gasteiger partial charge in [0.1, 0.15) is 11.6 Å². The minimum atomic E-state index is -0.174. The molecular formula is C14H12BrFO. The molecule has 0 aliphatic carbocycles. The van der Waals surface area contributed by atoms with Crippen molar-refractivity contribution in [3.05, 3.63) is 64.4 Å². The topological polar surface area (TPSA) is 9.23 Å². The molecule has 0 bridgehead atoms. The predicted octanol–water partition coefficient (Wildman–Crippen LogP) is 4.21. The molecule has 0 aromatic heterocycles. The van der Waals surface area contributed by atoms with E-state index >= 15 is 0 Å². The van der Waals surface area contributed by atoms with Gasteiger partial charge in [0.15, 0.2) is 0 Å². The summed E-state index contributed by atoms with van der Waals surface area (Å²) in [5.74, 6) is 0.622. The SMILES string of the molecule is Fc1ccccc1CCOc1ccc(Br)cc1. The fourth-order valence-corrected chi connectivity index (χ4v) is 1.78. The van der Waals surface area contributed by atoms with Gasteiger partial charge in [-0.1, -0.05) is 34.1 Å². The van der Waals surface area contributed by atoms with Gasteiger partial charge in [0.05, 0.1) is 6.61 Å². The van der Waals surface area contributed by atoms with E-state index in [0.29, 0.717) is 18.6 Å². The van der Waals surface area contributed by atoms with Crippen molar-refractivity contribution >= 4 is 15.9 Å². The van der Waals surface area contributed by atoms with E-state index in [1.165, 1.54) is 6.07 Å². The van der Waals surface area contributed by atoms with Gasteiger partial charge in [-0.2, -0.15) is 0 Å². The summed E-state index contributed by atoms with van der Waals surface area (Å²) in [7, 11) is 0. The van der Waals surface area contributed by atoms with Crippen molar-refractivity contribution in [3.8, 4) is 5.75 Å². The molecule has 0 fully saturated rings. The first-order valence-electron chi connectivity index (χ1n) is 5.37. The lowest BCUT2D eigenvalue weighted by atomic mass is 10.1. The first-order chi connectivity index (χ1) is 8.25. The maximum Gasteiger partial charge on any atom is 0.126 e. The summed E-state index contributed by atoms with van der Waals surface area (Å²) in [5, 5.41) is 0. The average Bonchev–Trinajstić information content (AvgIpc) is 2.34. The molecule has 2 rings (SSSR count). The summed E-state index contributed by atoms with van der Waals surface area (Å²) >= 11 is 3.35. The lowest BCUT2D eigenvalue weighted by Crippen LogP contribution is -2.02. The van der Waals surface area contributed by atoms with Crippen LogP contribution < -0.4 is 4.74 Å². The summed E-state index contributed by atoms with van der Waals surface area (Å²) < 4.78 is 19.9. The molecule has 1 nitrogen and oxygen atoms in total. The summed E-state index contributed by atoms with van der Waals surface area (Å²) in [6, 6.07) is 14.4. The van der Waals surface area contributed by atoms with Crippen molar-refractivity contribution < 1.29 is 9.13 Å². The normalized spacial score (nSPS) is 10.2. The number of ether oxygens (including phenoxy) is 1. The molecule has 0 saturated heterocycles. The van der Waals surface area contributed by atoms with E-state index in [9.17, 15) is 4.39 Å². The second kappa shape index (κ2) is 5.82. The standard InChI is InChI=1S/C14H12BrFO/c15-12-5-7-13(8-6-12)17-10-9-11-3-1-2-4-14(11)16/h1-8H,9-10H2. The lowest BCUT2D eigenvalue weighted by Gasteiger charge is -2.06. The zero-order valence-corrected chi connectivity index (χ0v) is 10.8. The maximum absolute atomic E-state index is 13.3. The van der Waals surface area contributed by atoms with E-state index in [4.69, 9.17) is 4.74 Å². The first-order valence-corrected chi connectivity index (χ1v) is 6.17. The van der Waals surface area contributed by atoms with Crippen LogP contribution in [0.15, 0.2) is 53.0 Å². The minimum Gasteiger partial charge on any atom is -0.493 e. The van der Waals surface area contributed by atoms with E-state index in [0.717, 1.165) is 10.2 Å². The second-order valence-corrected chi connectivity index (χ2v) is 4.56. The third-order valence-electron chi connectivity index (χ3n) is 2.41. The molecule has 88 valence electrons. The van der Waals surface area contributed by atoms with Crippen LogP contribution in [0.2, 0.25) is 0 Å². The van der Waals surface area contributed by atoms with Crippen LogP contribution in [0, 0.1) is 5.82 Å². The Balaban J connectivity index is 1.88. The molecule has 0 aliphatic rings.